The lowest BCUT2D eigenvalue weighted by atomic mass is 9.51. The highest BCUT2D eigenvalue weighted by atomic mass is 16.5. The number of hydrogen-bond acceptors (Lipinski definition) is 8. The Labute approximate surface area is 391 Å². The van der Waals surface area contributed by atoms with Crippen molar-refractivity contribution < 1.29 is 29.9 Å². The number of phenolic OH excluding ortho intramolecular Hbond substituents is 2. The lowest BCUT2D eigenvalue weighted by molar-refractivity contribution is -0.0323. The van der Waals surface area contributed by atoms with E-state index in [1.165, 1.54) is 33.4 Å². The van der Waals surface area contributed by atoms with Crippen LogP contribution in [0, 0.1) is 46.8 Å². The molecule has 4 saturated carbocycles. The minimum atomic E-state index is -0.236. The maximum Gasteiger partial charge on any atom is 0.119 e. The van der Waals surface area contributed by atoms with Gasteiger partial charge in [0.15, 0.2) is 0 Å². The highest BCUT2D eigenvalue weighted by Crippen LogP contribution is 2.66. The number of hydrogen-bond donors (Lipinski definition) is 4. The summed E-state index contributed by atoms with van der Waals surface area (Å²) in [7, 11) is 2.00. The summed E-state index contributed by atoms with van der Waals surface area (Å²) < 4.78 is 11.7. The molecular formula is C56H68N4O6. The summed E-state index contributed by atoms with van der Waals surface area (Å²) in [4.78, 5) is 4.82. The van der Waals surface area contributed by atoms with E-state index >= 15 is 0 Å². The highest BCUT2D eigenvalue weighted by Gasteiger charge is 2.59. The van der Waals surface area contributed by atoms with E-state index in [2.05, 4.69) is 83.2 Å². The fourth-order valence-corrected chi connectivity index (χ4v) is 14.4. The molecule has 4 N–H and O–H groups in total. The van der Waals surface area contributed by atoms with Crippen LogP contribution in [0.25, 0.3) is 10.4 Å². The molecule has 10 rings (SSSR count). The van der Waals surface area contributed by atoms with Crippen molar-refractivity contribution in [3.05, 3.63) is 129 Å². The Balaban J connectivity index is 0.000000166. The van der Waals surface area contributed by atoms with Crippen molar-refractivity contribution in [2.75, 3.05) is 39.9 Å². The maximum atomic E-state index is 11.0. The minimum absolute atomic E-state index is 0.0307. The van der Waals surface area contributed by atoms with E-state index in [9.17, 15) is 20.4 Å². The molecule has 12 atom stereocenters. The largest absolute Gasteiger partial charge is 0.508 e. The fourth-order valence-electron chi connectivity index (χ4n) is 14.4. The van der Waals surface area contributed by atoms with Gasteiger partial charge in [-0.2, -0.15) is 0 Å². The third kappa shape index (κ3) is 8.76. The molecule has 0 heterocycles. The molecule has 4 aromatic carbocycles. The predicted molar refractivity (Wildman–Crippen MR) is 258 cm³/mol. The average Bonchev–Trinajstić information content (AvgIpc) is 3.79. The Kier molecular flexibility index (Phi) is 13.4. The van der Waals surface area contributed by atoms with E-state index in [1.807, 2.05) is 43.4 Å². The molecule has 66 heavy (non-hydrogen) atoms. The standard InChI is InChI=1S/C30H37NO3.C26H31N3O3/c1-4-15-31(3)16-17-34-23-9-5-20(6-10-23)26-19-30(2)27(13-14-28(30)33)25-11-7-21-18-22(32)8-12-24(21)29(25)26;1-26-15-22(16-2-6-19(7-3-16)32-13-12-28-29-27)25-20-9-5-18(30)14-17(20)4-8-21(25)23(26)10-11-24(26)31/h1,5-6,8-10,12,18,25-29,32-33H,7,11,13-17,19H2,2-3H3;2-3,5-7,9,14,21-25,30-31H,4,8,10-13,15H2,1H3/t25?,26-,27?,28+,29?,30+;21?,22-,23?,24+,25?,26+/m11/s1. The van der Waals surface area contributed by atoms with Crippen molar-refractivity contribution in [2.24, 2.45) is 39.6 Å². The molecule has 6 aliphatic rings. The van der Waals surface area contributed by atoms with Gasteiger partial charge in [0, 0.05) is 11.5 Å². The molecule has 0 bridgehead atoms. The number of rotatable bonds is 11. The summed E-state index contributed by atoms with van der Waals surface area (Å²) >= 11 is 0. The molecule has 0 amide bonds. The van der Waals surface area contributed by atoms with E-state index < -0.39 is 0 Å². The van der Waals surface area contributed by atoms with Gasteiger partial charge < -0.3 is 29.9 Å². The topological polar surface area (TPSA) is 151 Å². The second kappa shape index (κ2) is 19.2. The van der Waals surface area contributed by atoms with Crippen LogP contribution >= 0.6 is 0 Å². The van der Waals surface area contributed by atoms with Crippen molar-refractivity contribution in [1.29, 1.82) is 0 Å². The second-order valence-corrected chi connectivity index (χ2v) is 21.0. The zero-order chi connectivity index (χ0) is 46.2. The van der Waals surface area contributed by atoms with Crippen LogP contribution in [0.15, 0.2) is 90.0 Å². The summed E-state index contributed by atoms with van der Waals surface area (Å²) in [5.41, 5.74) is 16.3. The van der Waals surface area contributed by atoms with Gasteiger partial charge in [-0.15, -0.1) is 6.42 Å². The summed E-state index contributed by atoms with van der Waals surface area (Å²) in [6, 6.07) is 28.8. The number of aryl methyl sites for hydroxylation is 2. The number of likely N-dealkylation sites (N-methyl/N-ethyl adjacent to an activating group) is 1. The van der Waals surface area contributed by atoms with Crippen LogP contribution in [-0.4, -0.2) is 77.4 Å². The quantitative estimate of drug-likeness (QED) is 0.0385. The first-order valence-corrected chi connectivity index (χ1v) is 24.5. The van der Waals surface area contributed by atoms with Crippen LogP contribution < -0.4 is 9.47 Å². The first-order chi connectivity index (χ1) is 31.9. The number of aliphatic hydroxyl groups excluding tert-OH is 2. The summed E-state index contributed by atoms with van der Waals surface area (Å²) in [6.45, 7) is 7.32. The SMILES string of the molecule is C#CCN(C)CCOc1ccc([C@H]2C[C@@]3(C)C(CC[C@@H]3O)C3CCc4cc(O)ccc4C32)cc1.C[C@]12C[C@H](c3ccc(OCCN=[N+]=[N-])cc3)C3c4ccc(O)cc4CCC3C1CC[C@@H]2O. The lowest BCUT2D eigenvalue weighted by Crippen LogP contribution is -2.47. The Hall–Kier alpha value is -5.17. The van der Waals surface area contributed by atoms with Gasteiger partial charge in [0.25, 0.3) is 0 Å². The van der Waals surface area contributed by atoms with Gasteiger partial charge in [0.1, 0.15) is 29.6 Å². The van der Waals surface area contributed by atoms with Gasteiger partial charge in [-0.3, -0.25) is 4.90 Å². The first kappa shape index (κ1) is 46.0. The molecule has 10 heteroatoms. The Morgan fingerprint density at radius 3 is 1.62 bits per heavy atom. The number of azide groups is 1. The molecule has 10 nitrogen and oxygen atoms in total. The van der Waals surface area contributed by atoms with Crippen LogP contribution in [0.4, 0.5) is 0 Å². The third-order valence-electron chi connectivity index (χ3n) is 17.6. The zero-order valence-corrected chi connectivity index (χ0v) is 38.9. The minimum Gasteiger partial charge on any atom is -0.508 e. The van der Waals surface area contributed by atoms with Gasteiger partial charge in [0.2, 0.25) is 0 Å². The maximum absolute atomic E-state index is 11.0. The molecule has 4 fully saturated rings. The number of benzene rings is 4. The van der Waals surface area contributed by atoms with Crippen LogP contribution in [0.1, 0.15) is 122 Å². The van der Waals surface area contributed by atoms with Crippen LogP contribution in [-0.2, 0) is 12.8 Å². The van der Waals surface area contributed by atoms with Crippen LogP contribution in [0.3, 0.4) is 0 Å². The van der Waals surface area contributed by atoms with Crippen molar-refractivity contribution in [3.8, 4) is 35.3 Å². The van der Waals surface area contributed by atoms with E-state index in [4.69, 9.17) is 21.4 Å². The first-order valence-electron chi connectivity index (χ1n) is 24.5. The van der Waals surface area contributed by atoms with Crippen molar-refractivity contribution >= 4 is 0 Å². The predicted octanol–water partition coefficient (Wildman–Crippen LogP) is 10.6. The van der Waals surface area contributed by atoms with Gasteiger partial charge in [0.05, 0.1) is 31.9 Å². The van der Waals surface area contributed by atoms with E-state index in [1.54, 1.807) is 0 Å². The average molecular weight is 893 g/mol. The Morgan fingerprint density at radius 2 is 1.17 bits per heavy atom. The molecule has 0 saturated heterocycles. The third-order valence-corrected chi connectivity index (χ3v) is 17.6. The summed E-state index contributed by atoms with van der Waals surface area (Å²) in [5, 5.41) is 45.7. The molecular weight excluding hydrogens is 825 g/mol. The second-order valence-electron chi connectivity index (χ2n) is 21.0. The number of aliphatic hydroxyl groups is 2. The number of fused-ring (bicyclic) bond motifs is 10. The van der Waals surface area contributed by atoms with Gasteiger partial charge in [-0.1, -0.05) is 61.3 Å². The molecule has 0 spiro atoms. The number of terminal acetylenes is 1. The molecule has 0 aromatic heterocycles. The Morgan fingerprint density at radius 1 is 0.697 bits per heavy atom. The lowest BCUT2D eigenvalue weighted by Gasteiger charge is -2.54. The molecule has 4 aromatic rings. The van der Waals surface area contributed by atoms with E-state index in [0.29, 0.717) is 85.1 Å². The van der Waals surface area contributed by atoms with Gasteiger partial charge in [-0.25, -0.2) is 0 Å². The monoisotopic (exact) mass is 893 g/mol. The number of ether oxygens (including phenoxy) is 2. The summed E-state index contributed by atoms with van der Waals surface area (Å²) in [6.07, 6.45) is 15.2. The van der Waals surface area contributed by atoms with Crippen molar-refractivity contribution in [3.63, 3.8) is 0 Å². The van der Waals surface area contributed by atoms with Crippen LogP contribution in [0.5, 0.6) is 23.0 Å². The number of aromatic hydroxyl groups is 2. The number of nitrogens with zero attached hydrogens (tertiary/aromatic N) is 4. The van der Waals surface area contributed by atoms with E-state index in [0.717, 1.165) is 82.3 Å². The molecule has 0 radical (unpaired) electrons. The molecule has 6 aliphatic carbocycles. The zero-order valence-electron chi connectivity index (χ0n) is 38.9. The smallest absolute Gasteiger partial charge is 0.119 e. The van der Waals surface area contributed by atoms with Crippen molar-refractivity contribution in [2.45, 2.75) is 114 Å². The van der Waals surface area contributed by atoms with Gasteiger partial charge >= 0.3 is 0 Å². The normalized spacial score (nSPS) is 32.4. The number of phenols is 2. The molecule has 348 valence electrons. The van der Waals surface area contributed by atoms with E-state index in [-0.39, 0.29) is 23.0 Å². The Bertz CT molecular complexity index is 2430. The summed E-state index contributed by atoms with van der Waals surface area (Å²) in [5.74, 6) is 8.73. The molecule has 0 aliphatic heterocycles. The molecule has 6 unspecified atom stereocenters. The van der Waals surface area contributed by atoms with Crippen LogP contribution in [0.2, 0.25) is 0 Å². The fraction of sp³-hybridized carbons (Fsp3) is 0.536. The van der Waals surface area contributed by atoms with Gasteiger partial charge in [-0.05, 0) is 217 Å². The highest BCUT2D eigenvalue weighted by molar-refractivity contribution is 5.45. The van der Waals surface area contributed by atoms with Crippen molar-refractivity contribution in [1.82, 2.24) is 4.90 Å².